The van der Waals surface area contributed by atoms with Gasteiger partial charge in [-0.15, -0.1) is 10.2 Å². The summed E-state index contributed by atoms with van der Waals surface area (Å²) in [5.74, 6) is -4.18. The van der Waals surface area contributed by atoms with Crippen LogP contribution in [0.3, 0.4) is 0 Å². The van der Waals surface area contributed by atoms with Crippen LogP contribution in [-0.4, -0.2) is 66.1 Å². The van der Waals surface area contributed by atoms with E-state index in [9.17, 15) is 18.3 Å². The van der Waals surface area contributed by atoms with Crippen LogP contribution in [0.2, 0.25) is 0 Å². The Bertz CT molecular complexity index is 1240. The fourth-order valence-corrected chi connectivity index (χ4v) is 5.52. The molecule has 12 heteroatoms. The van der Waals surface area contributed by atoms with E-state index in [2.05, 4.69) is 27.5 Å². The zero-order valence-corrected chi connectivity index (χ0v) is 18.4. The SMILES string of the molecule is CC12CC(n3cc(CC4OCCC(n5cc(-c6ccc(F)c(F)c6F)nn5)C4O)nn3)(CO1)C2. The number of ether oxygens (including phenoxy) is 2. The van der Waals surface area contributed by atoms with Crippen LogP contribution in [0.15, 0.2) is 24.5 Å². The largest absolute Gasteiger partial charge is 0.388 e. The third-order valence-electron chi connectivity index (χ3n) is 7.21. The molecular weight excluding hydrogens is 453 g/mol. The summed E-state index contributed by atoms with van der Waals surface area (Å²) in [7, 11) is 0. The molecule has 0 amide bonds. The highest BCUT2D eigenvalue weighted by Gasteiger charge is 2.61. The Balaban J connectivity index is 1.17. The molecule has 3 aliphatic heterocycles. The maximum absolute atomic E-state index is 14.2. The number of nitrogens with zero attached hydrogens (tertiary/aromatic N) is 6. The number of halogens is 3. The van der Waals surface area contributed by atoms with Crippen molar-refractivity contribution in [2.24, 2.45) is 0 Å². The Hall–Kier alpha value is -2.83. The summed E-state index contributed by atoms with van der Waals surface area (Å²) < 4.78 is 56.0. The molecule has 2 aromatic heterocycles. The second-order valence-corrected chi connectivity index (χ2v) is 9.74. The second-order valence-electron chi connectivity index (χ2n) is 9.74. The summed E-state index contributed by atoms with van der Waals surface area (Å²) in [6, 6.07) is 1.45. The third kappa shape index (κ3) is 3.35. The molecule has 4 fully saturated rings. The first kappa shape index (κ1) is 21.7. The van der Waals surface area contributed by atoms with Gasteiger partial charge in [-0.05, 0) is 25.5 Å². The number of rotatable bonds is 5. The van der Waals surface area contributed by atoms with Crippen molar-refractivity contribution in [3.05, 3.63) is 47.7 Å². The van der Waals surface area contributed by atoms with Crippen molar-refractivity contribution >= 4 is 0 Å². The van der Waals surface area contributed by atoms with Crippen LogP contribution in [-0.2, 0) is 21.4 Å². The molecule has 2 bridgehead atoms. The number of aliphatic hydroxyl groups is 1. The van der Waals surface area contributed by atoms with Gasteiger partial charge in [0.1, 0.15) is 11.8 Å². The summed E-state index contributed by atoms with van der Waals surface area (Å²) in [4.78, 5) is 0. The van der Waals surface area contributed by atoms with Gasteiger partial charge in [0.05, 0.1) is 41.8 Å². The molecule has 3 saturated heterocycles. The second kappa shape index (κ2) is 7.59. The Kier molecular flexibility index (Phi) is 4.84. The molecule has 1 saturated carbocycles. The molecule has 1 aliphatic carbocycles. The molecular formula is C22H23F3N6O3. The summed E-state index contributed by atoms with van der Waals surface area (Å²) in [6.45, 7) is 3.08. The van der Waals surface area contributed by atoms with Crippen molar-refractivity contribution in [2.45, 2.75) is 62.0 Å². The van der Waals surface area contributed by atoms with Crippen LogP contribution < -0.4 is 0 Å². The molecule has 1 aromatic carbocycles. The summed E-state index contributed by atoms with van der Waals surface area (Å²) in [5.41, 5.74) is 0.326. The molecule has 34 heavy (non-hydrogen) atoms. The molecule has 180 valence electrons. The number of aliphatic hydroxyl groups excluding tert-OH is 1. The Morgan fingerprint density at radius 1 is 1.12 bits per heavy atom. The van der Waals surface area contributed by atoms with E-state index in [0.29, 0.717) is 31.7 Å². The summed E-state index contributed by atoms with van der Waals surface area (Å²) in [5, 5.41) is 27.5. The zero-order chi connectivity index (χ0) is 23.7. The lowest BCUT2D eigenvalue weighted by atomic mass is 9.69. The average Bonchev–Trinajstić information content (AvgIpc) is 3.57. The molecule has 0 spiro atoms. The summed E-state index contributed by atoms with van der Waals surface area (Å²) in [6.07, 6.45) is 4.41. The lowest BCUT2D eigenvalue weighted by molar-refractivity contribution is -0.102. The van der Waals surface area contributed by atoms with Crippen molar-refractivity contribution in [3.63, 3.8) is 0 Å². The monoisotopic (exact) mass is 476 g/mol. The quantitative estimate of drug-likeness (QED) is 0.564. The first-order valence-electron chi connectivity index (χ1n) is 11.2. The average molecular weight is 476 g/mol. The molecule has 4 aliphatic rings. The minimum atomic E-state index is -1.57. The van der Waals surface area contributed by atoms with E-state index in [-0.39, 0.29) is 22.4 Å². The van der Waals surface area contributed by atoms with Crippen LogP contribution in [0.5, 0.6) is 0 Å². The van der Waals surface area contributed by atoms with E-state index >= 15 is 0 Å². The highest BCUT2D eigenvalue weighted by Crippen LogP contribution is 2.55. The number of fused-ring (bicyclic) bond motifs is 1. The lowest BCUT2D eigenvalue weighted by Gasteiger charge is -2.41. The van der Waals surface area contributed by atoms with Gasteiger partial charge in [-0.2, -0.15) is 0 Å². The van der Waals surface area contributed by atoms with Gasteiger partial charge >= 0.3 is 0 Å². The molecule has 9 nitrogen and oxygen atoms in total. The predicted molar refractivity (Wildman–Crippen MR) is 110 cm³/mol. The van der Waals surface area contributed by atoms with Gasteiger partial charge < -0.3 is 14.6 Å². The fourth-order valence-electron chi connectivity index (χ4n) is 5.52. The summed E-state index contributed by atoms with van der Waals surface area (Å²) >= 11 is 0. The van der Waals surface area contributed by atoms with E-state index in [1.54, 1.807) is 0 Å². The minimum absolute atomic E-state index is 0.0418. The first-order valence-corrected chi connectivity index (χ1v) is 11.2. The maximum atomic E-state index is 14.2. The maximum Gasteiger partial charge on any atom is 0.195 e. The van der Waals surface area contributed by atoms with E-state index < -0.39 is 35.7 Å². The highest BCUT2D eigenvalue weighted by molar-refractivity contribution is 5.58. The normalized spacial score (nSPS) is 32.7. The third-order valence-corrected chi connectivity index (χ3v) is 7.21. The van der Waals surface area contributed by atoms with Crippen molar-refractivity contribution < 1.29 is 27.8 Å². The van der Waals surface area contributed by atoms with Gasteiger partial charge in [0.25, 0.3) is 0 Å². The fraction of sp³-hybridized carbons (Fsp3) is 0.545. The zero-order valence-electron chi connectivity index (χ0n) is 18.4. The van der Waals surface area contributed by atoms with Gasteiger partial charge in [0.2, 0.25) is 0 Å². The van der Waals surface area contributed by atoms with Gasteiger partial charge in [-0.1, -0.05) is 10.4 Å². The van der Waals surface area contributed by atoms with E-state index in [0.717, 1.165) is 25.0 Å². The minimum Gasteiger partial charge on any atom is -0.388 e. The van der Waals surface area contributed by atoms with Crippen LogP contribution >= 0.6 is 0 Å². The smallest absolute Gasteiger partial charge is 0.195 e. The van der Waals surface area contributed by atoms with Crippen molar-refractivity contribution in [2.75, 3.05) is 13.2 Å². The van der Waals surface area contributed by atoms with Crippen molar-refractivity contribution in [3.8, 4) is 11.3 Å². The Morgan fingerprint density at radius 2 is 1.94 bits per heavy atom. The molecule has 7 rings (SSSR count). The lowest BCUT2D eigenvalue weighted by Crippen LogP contribution is -2.49. The van der Waals surface area contributed by atoms with Gasteiger partial charge in [-0.25, -0.2) is 22.5 Å². The van der Waals surface area contributed by atoms with Gasteiger partial charge in [0, 0.05) is 37.6 Å². The molecule has 3 atom stereocenters. The van der Waals surface area contributed by atoms with Crippen LogP contribution in [0, 0.1) is 17.5 Å². The Labute approximate surface area is 192 Å². The van der Waals surface area contributed by atoms with Gasteiger partial charge in [0.15, 0.2) is 17.5 Å². The Morgan fingerprint density at radius 3 is 2.71 bits per heavy atom. The van der Waals surface area contributed by atoms with Crippen LogP contribution in [0.1, 0.15) is 37.9 Å². The van der Waals surface area contributed by atoms with E-state index in [1.165, 1.54) is 10.9 Å². The standard InChI is InChI=1S/C22H23F3N6O3/c1-21-9-22(10-21,11-34-21)31-7-12(26-29-31)6-17-20(32)16(4-5-33-17)30-8-15(27-28-30)13-2-3-14(23)19(25)18(13)24/h2-3,7-8,16-17,20,32H,4-6,9-11H2,1H3. The van der Waals surface area contributed by atoms with Crippen LogP contribution in [0.4, 0.5) is 13.2 Å². The number of benzene rings is 1. The first-order chi connectivity index (χ1) is 16.3. The van der Waals surface area contributed by atoms with E-state index in [4.69, 9.17) is 9.47 Å². The molecule has 1 N–H and O–H groups in total. The number of hydrogen-bond donors (Lipinski definition) is 1. The predicted octanol–water partition coefficient (Wildman–Crippen LogP) is 2.17. The van der Waals surface area contributed by atoms with Crippen molar-refractivity contribution in [1.82, 2.24) is 30.0 Å². The highest BCUT2D eigenvalue weighted by atomic mass is 19.2. The van der Waals surface area contributed by atoms with Crippen molar-refractivity contribution in [1.29, 1.82) is 0 Å². The topological polar surface area (TPSA) is 100 Å². The van der Waals surface area contributed by atoms with Gasteiger partial charge in [-0.3, -0.25) is 0 Å². The van der Waals surface area contributed by atoms with Crippen LogP contribution in [0.25, 0.3) is 11.3 Å². The number of hydrogen-bond acceptors (Lipinski definition) is 7. The van der Waals surface area contributed by atoms with E-state index in [1.807, 2.05) is 10.9 Å². The molecule has 3 aromatic rings. The molecule has 3 unspecified atom stereocenters. The number of aromatic nitrogens is 6. The molecule has 5 heterocycles. The molecule has 0 radical (unpaired) electrons.